The molecule has 2 aromatic heterocycles. The second kappa shape index (κ2) is 8.67. The quantitative estimate of drug-likeness (QED) is 0.399. The van der Waals surface area contributed by atoms with Gasteiger partial charge >= 0.3 is 0 Å². The number of halogens is 1. The van der Waals surface area contributed by atoms with E-state index in [1.54, 1.807) is 37.3 Å². The summed E-state index contributed by atoms with van der Waals surface area (Å²) in [6, 6.07) is 19.8. The summed E-state index contributed by atoms with van der Waals surface area (Å²) in [5, 5.41) is 18.4. The van der Waals surface area contributed by atoms with Crippen LogP contribution in [-0.2, 0) is 5.72 Å². The number of rotatable bonds is 6. The fourth-order valence-electron chi connectivity index (χ4n) is 3.36. The molecule has 0 aliphatic heterocycles. The Labute approximate surface area is 189 Å². The summed E-state index contributed by atoms with van der Waals surface area (Å²) < 4.78 is 7.04. The van der Waals surface area contributed by atoms with E-state index >= 15 is 0 Å². The minimum absolute atomic E-state index is 0.300. The summed E-state index contributed by atoms with van der Waals surface area (Å²) in [7, 11) is 0. The molecular weight excluding hydrogens is 432 g/mol. The van der Waals surface area contributed by atoms with Crippen LogP contribution < -0.4 is 10.3 Å². The lowest BCUT2D eigenvalue weighted by molar-refractivity contribution is -0.0116. The Hall–Kier alpha value is -2.93. The number of aryl methyl sites for hydroxylation is 1. The first-order valence-corrected chi connectivity index (χ1v) is 11.1. The van der Waals surface area contributed by atoms with Crippen molar-refractivity contribution in [3.8, 4) is 22.6 Å². The Morgan fingerprint density at radius 3 is 2.32 bits per heavy atom. The molecule has 158 valence electrons. The van der Waals surface area contributed by atoms with E-state index in [0.29, 0.717) is 33.5 Å². The van der Waals surface area contributed by atoms with Crippen molar-refractivity contribution in [2.45, 2.75) is 26.0 Å². The number of hydrogen-bond acceptors (Lipinski definition) is 5. The molecule has 1 unspecified atom stereocenters. The minimum Gasteiger partial charge on any atom is -0.457 e. The van der Waals surface area contributed by atoms with Gasteiger partial charge in [0.25, 0.3) is 5.56 Å². The van der Waals surface area contributed by atoms with E-state index in [9.17, 15) is 9.90 Å². The summed E-state index contributed by atoms with van der Waals surface area (Å²) in [5.41, 5.74) is 0.537. The van der Waals surface area contributed by atoms with Gasteiger partial charge in [-0.3, -0.25) is 4.79 Å². The van der Waals surface area contributed by atoms with Crippen LogP contribution in [0.2, 0.25) is 5.02 Å². The van der Waals surface area contributed by atoms with Gasteiger partial charge in [0.15, 0.2) is 5.72 Å². The maximum atomic E-state index is 12.5. The van der Waals surface area contributed by atoms with Crippen LogP contribution >= 0.6 is 22.9 Å². The standard InChI is InChI=1S/C24H21ClN2O3S/c1-3-24(29,27-22(28)13-4-16(2)26-27)23-21(14-15-31-23)17-5-9-19(10-6-17)30-20-11-7-18(25)8-12-20/h4-15,29H,3H2,1-2H3. The van der Waals surface area contributed by atoms with Crippen molar-refractivity contribution in [2.24, 2.45) is 0 Å². The molecule has 0 saturated heterocycles. The summed E-state index contributed by atoms with van der Waals surface area (Å²) in [6.45, 7) is 3.63. The molecule has 7 heteroatoms. The number of aromatic nitrogens is 2. The number of hydrogen-bond donors (Lipinski definition) is 1. The van der Waals surface area contributed by atoms with Crippen molar-refractivity contribution in [2.75, 3.05) is 0 Å². The third-order valence-electron chi connectivity index (χ3n) is 5.02. The number of thiophene rings is 1. The van der Waals surface area contributed by atoms with Gasteiger partial charge in [0.2, 0.25) is 0 Å². The average Bonchev–Trinajstić information content (AvgIpc) is 3.27. The maximum Gasteiger partial charge on any atom is 0.269 e. The van der Waals surface area contributed by atoms with Crippen molar-refractivity contribution in [3.05, 3.63) is 98.1 Å². The van der Waals surface area contributed by atoms with Crippen molar-refractivity contribution in [1.29, 1.82) is 0 Å². The Morgan fingerprint density at radius 1 is 1.03 bits per heavy atom. The molecule has 5 nitrogen and oxygen atoms in total. The van der Waals surface area contributed by atoms with Gasteiger partial charge in [-0.15, -0.1) is 11.3 Å². The van der Waals surface area contributed by atoms with Gasteiger partial charge in [0.1, 0.15) is 11.5 Å². The number of aliphatic hydroxyl groups is 1. The van der Waals surface area contributed by atoms with E-state index in [0.717, 1.165) is 11.1 Å². The van der Waals surface area contributed by atoms with Crippen LogP contribution in [0.4, 0.5) is 0 Å². The molecule has 0 radical (unpaired) electrons. The molecule has 4 aromatic rings. The zero-order valence-electron chi connectivity index (χ0n) is 17.1. The molecule has 2 aromatic carbocycles. The second-order valence-electron chi connectivity index (χ2n) is 7.14. The van der Waals surface area contributed by atoms with E-state index in [4.69, 9.17) is 16.3 Å². The van der Waals surface area contributed by atoms with Gasteiger partial charge in [0.05, 0.1) is 10.6 Å². The van der Waals surface area contributed by atoms with Crippen LogP contribution in [-0.4, -0.2) is 14.9 Å². The van der Waals surface area contributed by atoms with Crippen LogP contribution in [0.15, 0.2) is 76.9 Å². The zero-order valence-corrected chi connectivity index (χ0v) is 18.7. The molecular formula is C24H21ClN2O3S. The van der Waals surface area contributed by atoms with Gasteiger partial charge in [-0.25, -0.2) is 0 Å². The van der Waals surface area contributed by atoms with Gasteiger partial charge < -0.3 is 9.84 Å². The lowest BCUT2D eigenvalue weighted by Gasteiger charge is -2.28. The molecule has 1 N–H and O–H groups in total. The first kappa shape index (κ1) is 21.3. The molecule has 0 spiro atoms. The van der Waals surface area contributed by atoms with Crippen molar-refractivity contribution >= 4 is 22.9 Å². The lowest BCUT2D eigenvalue weighted by Crippen LogP contribution is -2.43. The largest absolute Gasteiger partial charge is 0.457 e. The van der Waals surface area contributed by atoms with Crippen molar-refractivity contribution in [3.63, 3.8) is 0 Å². The van der Waals surface area contributed by atoms with Crippen LogP contribution in [0.25, 0.3) is 11.1 Å². The van der Waals surface area contributed by atoms with Crippen LogP contribution in [0.3, 0.4) is 0 Å². The summed E-state index contributed by atoms with van der Waals surface area (Å²) in [5.74, 6) is 1.38. The molecule has 2 heterocycles. The number of benzene rings is 2. The fraction of sp³-hybridized carbons (Fsp3) is 0.167. The highest BCUT2D eigenvalue weighted by Gasteiger charge is 2.35. The Balaban J connectivity index is 1.68. The smallest absolute Gasteiger partial charge is 0.269 e. The highest BCUT2D eigenvalue weighted by Crippen LogP contribution is 2.39. The SMILES string of the molecule is CCC(O)(c1sccc1-c1ccc(Oc2ccc(Cl)cc2)cc1)n1nc(C)ccc1=O. The van der Waals surface area contributed by atoms with Crippen LogP contribution in [0.5, 0.6) is 11.5 Å². The summed E-state index contributed by atoms with van der Waals surface area (Å²) in [6.07, 6.45) is 0.300. The number of ether oxygens (including phenoxy) is 1. The highest BCUT2D eigenvalue weighted by atomic mass is 35.5. The van der Waals surface area contributed by atoms with E-state index in [2.05, 4.69) is 5.10 Å². The third kappa shape index (κ3) is 4.28. The Kier molecular flexibility index (Phi) is 5.96. The molecule has 31 heavy (non-hydrogen) atoms. The topological polar surface area (TPSA) is 64.3 Å². The van der Waals surface area contributed by atoms with Gasteiger partial charge in [-0.2, -0.15) is 9.78 Å². The zero-order chi connectivity index (χ0) is 22.0. The van der Waals surface area contributed by atoms with Crippen molar-refractivity contribution in [1.82, 2.24) is 9.78 Å². The normalized spacial score (nSPS) is 13.0. The summed E-state index contributed by atoms with van der Waals surface area (Å²) in [4.78, 5) is 13.1. The second-order valence-corrected chi connectivity index (χ2v) is 8.49. The molecule has 0 fully saturated rings. The van der Waals surface area contributed by atoms with E-state index < -0.39 is 5.72 Å². The molecule has 4 rings (SSSR count). The van der Waals surface area contributed by atoms with Crippen LogP contribution in [0.1, 0.15) is 23.9 Å². The number of nitrogens with zero attached hydrogens (tertiary/aromatic N) is 2. The lowest BCUT2D eigenvalue weighted by atomic mass is 9.99. The Morgan fingerprint density at radius 2 is 1.68 bits per heavy atom. The molecule has 1 atom stereocenters. The van der Waals surface area contributed by atoms with E-state index in [1.165, 1.54) is 22.1 Å². The van der Waals surface area contributed by atoms with E-state index in [1.807, 2.05) is 42.6 Å². The summed E-state index contributed by atoms with van der Waals surface area (Å²) >= 11 is 7.32. The fourth-order valence-corrected chi connectivity index (χ4v) is 4.56. The predicted octanol–water partition coefficient (Wildman–Crippen LogP) is 5.83. The monoisotopic (exact) mass is 452 g/mol. The van der Waals surface area contributed by atoms with Crippen molar-refractivity contribution < 1.29 is 9.84 Å². The first-order chi connectivity index (χ1) is 14.9. The molecule has 0 saturated carbocycles. The van der Waals surface area contributed by atoms with Gasteiger partial charge in [0, 0.05) is 16.7 Å². The molecule has 0 aliphatic rings. The highest BCUT2D eigenvalue weighted by molar-refractivity contribution is 7.10. The first-order valence-electron chi connectivity index (χ1n) is 9.82. The third-order valence-corrected chi connectivity index (χ3v) is 6.33. The average molecular weight is 453 g/mol. The Bertz CT molecular complexity index is 1250. The molecule has 0 bridgehead atoms. The van der Waals surface area contributed by atoms with Crippen LogP contribution in [0, 0.1) is 6.92 Å². The van der Waals surface area contributed by atoms with Gasteiger partial charge in [-0.05, 0) is 72.8 Å². The van der Waals surface area contributed by atoms with E-state index in [-0.39, 0.29) is 5.56 Å². The molecule has 0 amide bonds. The predicted molar refractivity (Wildman–Crippen MR) is 124 cm³/mol. The molecule has 0 aliphatic carbocycles. The minimum atomic E-state index is -1.54. The maximum absolute atomic E-state index is 12.5. The van der Waals surface area contributed by atoms with Gasteiger partial charge in [-0.1, -0.05) is 30.7 Å².